The van der Waals surface area contributed by atoms with Gasteiger partial charge < -0.3 is 61.0 Å². The predicted octanol–water partition coefficient (Wildman–Crippen LogP) is 15.3. The van der Waals surface area contributed by atoms with Crippen LogP contribution in [0.1, 0.15) is 130 Å². The summed E-state index contributed by atoms with van der Waals surface area (Å²) in [6, 6.07) is 26.5. The molecule has 8 atom stereocenters. The maximum atomic E-state index is 12.5. The summed E-state index contributed by atoms with van der Waals surface area (Å²) in [5, 5.41) is 12.2. The second-order valence-electron chi connectivity index (χ2n) is 29.8. The van der Waals surface area contributed by atoms with Gasteiger partial charge in [0.15, 0.2) is 0 Å². The van der Waals surface area contributed by atoms with Crippen LogP contribution in [-0.2, 0) is 18.9 Å². The molecule has 8 aromatic heterocycles. The number of benzene rings is 4. The minimum absolute atomic E-state index is 0. The van der Waals surface area contributed by atoms with Gasteiger partial charge in [-0.1, -0.05) is 102 Å². The van der Waals surface area contributed by atoms with Crippen LogP contribution in [0, 0.1) is 23.7 Å². The highest BCUT2D eigenvalue weighted by Gasteiger charge is 2.42. The third kappa shape index (κ3) is 23.8. The average molecular weight is 1860 g/mol. The lowest BCUT2D eigenvalue weighted by molar-refractivity contribution is 0.176. The summed E-state index contributed by atoms with van der Waals surface area (Å²) in [4.78, 5) is 161. The number of fused-ring (bicyclic) bond motifs is 4. The molecule has 0 aliphatic carbocycles. The molecule has 124 heavy (non-hydrogen) atoms. The van der Waals surface area contributed by atoms with Crippen LogP contribution in [0.4, 0.5) is 54.9 Å². The Morgan fingerprint density at radius 2 is 0.573 bits per heavy atom. The van der Waals surface area contributed by atoms with Gasteiger partial charge >= 0.3 is 24.4 Å². The summed E-state index contributed by atoms with van der Waals surface area (Å²) < 4.78 is 20.3. The molecule has 36 nitrogen and oxygen atoms in total. The van der Waals surface area contributed by atoms with Gasteiger partial charge in [0.25, 0.3) is 22.2 Å². The Labute approximate surface area is 750 Å². The fourth-order valence-corrected chi connectivity index (χ4v) is 13.9. The van der Waals surface area contributed by atoms with Gasteiger partial charge in [-0.05, 0) is 172 Å². The van der Waals surface area contributed by atoms with Crippen LogP contribution in [0.25, 0.3) is 43.6 Å². The summed E-state index contributed by atoms with van der Waals surface area (Å²) in [6.07, 6.45) is 3.34. The number of cyclic esters (lactones) is 4. The first-order valence-corrected chi connectivity index (χ1v) is 40.5. The second-order valence-corrected chi connectivity index (χ2v) is 32.2. The first-order chi connectivity index (χ1) is 58.0. The number of anilines is 6. The molecule has 4 fully saturated rings. The first kappa shape index (κ1) is 96.5. The summed E-state index contributed by atoms with van der Waals surface area (Å²) in [6.45, 7) is 24.5. The minimum Gasteiger partial charge on any atom is -0.447 e. The molecule has 0 spiro atoms. The van der Waals surface area contributed by atoms with Crippen molar-refractivity contribution >= 4 is 198 Å². The van der Waals surface area contributed by atoms with Crippen molar-refractivity contribution in [1.29, 1.82) is 0 Å². The van der Waals surface area contributed by atoms with E-state index in [-0.39, 0.29) is 166 Å². The summed E-state index contributed by atoms with van der Waals surface area (Å²) in [5.74, 6) is 2.24. The lowest BCUT2D eigenvalue weighted by Gasteiger charge is -2.22. The number of aromatic nitrogens is 16. The van der Waals surface area contributed by atoms with Crippen molar-refractivity contribution in [3.8, 4) is 0 Å². The lowest BCUT2D eigenvalue weighted by Crippen LogP contribution is -2.38. The molecule has 0 bridgehead atoms. The standard InChI is InChI=1S/2C20H21ClN6O3.2C11H11ClN2O.2C9H11ClN4O2.2ClH/c2*1-10(2)16-8-30-20(29)27(16)19-23-9-22-18(26-19)24-11(3)14-7-12-6-13(21)4-5-15(12)25-17(14)28;2*1-6(13)9-5-7-4-8(12)2-3-10(7)14-11(9)15;2*1-5(2)6-3-16-9(15)14(6)8-12-4-11-7(10)13-8;;/h2*4-7,9-11,16H,8H2,1-3H3,(H,25,28)(H,22,23,24,26);2*2-6H,13H2,1H3,(H,14,15);2*4-6H,3H2,1-2H3;2*1H/t11-,16+;11-,16-;4*6-;;/m011011../s1. The molecule has 44 heteroatoms. The van der Waals surface area contributed by atoms with E-state index in [4.69, 9.17) is 100 Å². The highest BCUT2D eigenvalue weighted by atomic mass is 35.5. The van der Waals surface area contributed by atoms with E-state index in [9.17, 15) is 38.4 Å². The van der Waals surface area contributed by atoms with E-state index in [1.807, 2.05) is 69.2 Å². The zero-order valence-corrected chi connectivity index (χ0v) is 74.8. The lowest BCUT2D eigenvalue weighted by atomic mass is 10.1. The Balaban J connectivity index is 0.000000173. The zero-order chi connectivity index (χ0) is 88.2. The van der Waals surface area contributed by atoms with Crippen molar-refractivity contribution in [1.82, 2.24) is 79.7 Å². The van der Waals surface area contributed by atoms with Crippen molar-refractivity contribution in [2.75, 3.05) is 56.7 Å². The fraction of sp³-hybridized carbons (Fsp3) is 0.350. The molecule has 4 amide bonds. The van der Waals surface area contributed by atoms with Gasteiger partial charge in [-0.2, -0.15) is 19.9 Å². The van der Waals surface area contributed by atoms with Gasteiger partial charge in [-0.25, -0.2) is 78.6 Å². The van der Waals surface area contributed by atoms with Crippen LogP contribution in [-0.4, -0.2) is 155 Å². The molecule has 10 N–H and O–H groups in total. The Morgan fingerprint density at radius 3 is 0.815 bits per heavy atom. The van der Waals surface area contributed by atoms with E-state index in [0.29, 0.717) is 66.6 Å². The van der Waals surface area contributed by atoms with Gasteiger partial charge in [0.1, 0.15) is 51.7 Å². The number of ether oxygens (including phenoxy) is 4. The maximum Gasteiger partial charge on any atom is 0.417 e. The number of carbonyl (C=O) groups excluding carboxylic acids is 4. The predicted molar refractivity (Wildman–Crippen MR) is 481 cm³/mol. The Hall–Kier alpha value is -11.3. The Bertz CT molecular complexity index is 5730. The molecule has 0 saturated carbocycles. The molecular formula is C80H88Cl8N24O12. The number of halogens is 8. The number of aromatic amines is 4. The monoisotopic (exact) mass is 1860 g/mol. The van der Waals surface area contributed by atoms with E-state index < -0.39 is 36.5 Å². The third-order valence-corrected chi connectivity index (χ3v) is 21.0. The topological polar surface area (TPSA) is 480 Å². The molecule has 4 saturated heterocycles. The number of hydrogen-bond acceptors (Lipinski definition) is 28. The highest BCUT2D eigenvalue weighted by Crippen LogP contribution is 2.32. The van der Waals surface area contributed by atoms with Gasteiger partial charge in [0.05, 0.1) is 36.3 Å². The van der Waals surface area contributed by atoms with Gasteiger partial charge in [0.2, 0.25) is 46.3 Å². The number of carbonyl (C=O) groups is 4. The summed E-state index contributed by atoms with van der Waals surface area (Å²) in [7, 11) is 0. The number of hydrogen-bond donors (Lipinski definition) is 8. The summed E-state index contributed by atoms with van der Waals surface area (Å²) in [5.41, 5.74) is 15.8. The molecule has 4 aliphatic heterocycles. The normalized spacial score (nSPS) is 16.8. The van der Waals surface area contributed by atoms with Crippen molar-refractivity contribution in [3.05, 3.63) is 217 Å². The van der Waals surface area contributed by atoms with Crippen molar-refractivity contribution in [2.45, 2.75) is 131 Å². The van der Waals surface area contributed by atoms with E-state index in [1.54, 1.807) is 111 Å². The average Bonchev–Trinajstić information content (AvgIpc) is 1.36. The van der Waals surface area contributed by atoms with Gasteiger partial charge in [-0.3, -0.25) is 19.2 Å². The SMILES string of the molecule is CC(C)[C@H]1COC(=O)N1c1ncnc(Cl)n1.CC(C)[C@H]1COC(=O)N1c1ncnc(Cl)n1.CC(C)[C@H]1COC(=O)N1c1ncnc(N[C@@H](C)c2cc3cc(Cl)ccc3[nH]c2=O)n1.CC(C)[C@H]1COC(=O)N1c1ncnc(N[C@H](C)c2cc3cc(Cl)ccc3[nH]c2=O)n1.C[C@@H](N)c1cc2cc(Cl)ccc2[nH]c1=O.C[C@H](N)c1cc2cc(Cl)ccc2[nH]c1=O.Cl.Cl. The maximum absolute atomic E-state index is 12.5. The van der Waals surface area contributed by atoms with Crippen molar-refractivity contribution in [2.24, 2.45) is 35.1 Å². The number of nitrogens with one attached hydrogen (secondary N) is 6. The van der Waals surface area contributed by atoms with Gasteiger partial charge in [0, 0.05) is 98.0 Å². The molecule has 0 unspecified atom stereocenters. The largest absolute Gasteiger partial charge is 0.447 e. The van der Waals surface area contributed by atoms with Crippen molar-refractivity contribution < 1.29 is 38.1 Å². The number of pyridine rings is 4. The van der Waals surface area contributed by atoms with Crippen LogP contribution < -0.4 is 63.9 Å². The molecule has 12 heterocycles. The van der Waals surface area contributed by atoms with Crippen LogP contribution in [0.2, 0.25) is 30.7 Å². The third-order valence-electron chi connectivity index (χ3n) is 19.7. The molecule has 16 rings (SSSR count). The second kappa shape index (κ2) is 42.9. The van der Waals surface area contributed by atoms with Crippen LogP contribution in [0.5, 0.6) is 0 Å². The first-order valence-electron chi connectivity index (χ1n) is 38.3. The van der Waals surface area contributed by atoms with Crippen LogP contribution >= 0.6 is 94.4 Å². The van der Waals surface area contributed by atoms with E-state index in [1.165, 1.54) is 44.9 Å². The smallest absolute Gasteiger partial charge is 0.417 e. The molecule has 4 aliphatic rings. The van der Waals surface area contributed by atoms with E-state index in [0.717, 1.165) is 32.6 Å². The van der Waals surface area contributed by atoms with Crippen LogP contribution in [0.15, 0.2) is 142 Å². The number of nitrogens with zero attached hydrogens (tertiary/aromatic N) is 16. The molecule has 12 aromatic rings. The number of rotatable bonds is 16. The number of nitrogens with two attached hydrogens (primary N) is 2. The highest BCUT2D eigenvalue weighted by molar-refractivity contribution is 6.32. The van der Waals surface area contributed by atoms with E-state index in [2.05, 4.69) is 90.4 Å². The van der Waals surface area contributed by atoms with Gasteiger partial charge in [-0.15, -0.1) is 24.8 Å². The number of H-pyrrole nitrogens is 4. The minimum atomic E-state index is -0.484. The zero-order valence-electron chi connectivity index (χ0n) is 68.6. The number of amides is 4. The molecule has 656 valence electrons. The molecule has 4 aromatic carbocycles. The molecule has 0 radical (unpaired) electrons. The Kier molecular flexibility index (Phi) is 33.3. The summed E-state index contributed by atoms with van der Waals surface area (Å²) >= 11 is 35.2. The van der Waals surface area contributed by atoms with Crippen LogP contribution in [0.3, 0.4) is 0 Å². The quantitative estimate of drug-likeness (QED) is 0.0416. The fourth-order valence-electron chi connectivity index (χ4n) is 13.0. The Morgan fingerprint density at radius 1 is 0.339 bits per heavy atom. The molecular weight excluding hydrogens is 1770 g/mol. The van der Waals surface area contributed by atoms with Crippen molar-refractivity contribution in [3.63, 3.8) is 0 Å². The van der Waals surface area contributed by atoms with E-state index >= 15 is 0 Å².